The zero-order valence-corrected chi connectivity index (χ0v) is 9.65. The lowest BCUT2D eigenvalue weighted by atomic mass is 10.1. The van der Waals surface area contributed by atoms with E-state index in [9.17, 15) is 0 Å². The fourth-order valence-electron chi connectivity index (χ4n) is 1.42. The van der Waals surface area contributed by atoms with Crippen LogP contribution in [0.4, 0.5) is 5.69 Å². The zero-order valence-electron chi connectivity index (χ0n) is 9.65. The van der Waals surface area contributed by atoms with Crippen LogP contribution in [0.5, 0.6) is 0 Å². The molecule has 0 aliphatic rings. The summed E-state index contributed by atoms with van der Waals surface area (Å²) in [4.78, 5) is 8.15. The summed E-state index contributed by atoms with van der Waals surface area (Å²) in [5, 5.41) is 9.92. The Morgan fingerprint density at radius 1 is 1.53 bits per heavy atom. The maximum Gasteiger partial charge on any atom is 0.180 e. The molecule has 2 radical (unpaired) electrons. The number of aromatic nitrogens is 3. The van der Waals surface area contributed by atoms with E-state index in [-0.39, 0.29) is 0 Å². The second-order valence-corrected chi connectivity index (χ2v) is 3.24. The van der Waals surface area contributed by atoms with Crippen molar-refractivity contribution >= 4 is 37.3 Å². The maximum absolute atomic E-state index is 5.66. The van der Waals surface area contributed by atoms with Gasteiger partial charge in [0.2, 0.25) is 0 Å². The van der Waals surface area contributed by atoms with Crippen LogP contribution >= 0.6 is 0 Å². The summed E-state index contributed by atoms with van der Waals surface area (Å²) in [5.41, 5.74) is 1.80. The summed E-state index contributed by atoms with van der Waals surface area (Å²) in [5.74, 6) is 0. The van der Waals surface area contributed by atoms with Crippen molar-refractivity contribution in [3.63, 3.8) is 0 Å². The summed E-state index contributed by atoms with van der Waals surface area (Å²) in [6.45, 7) is 1.82. The molecule has 0 N–H and O–H groups in total. The molecule has 0 spiro atoms. The number of nitrogens with zero attached hydrogens (tertiary/aromatic N) is 6. The number of hydrogen-bond donors (Lipinski definition) is 0. The van der Waals surface area contributed by atoms with Crippen LogP contribution < -0.4 is 10.6 Å². The first-order valence-corrected chi connectivity index (χ1v) is 5.06. The van der Waals surface area contributed by atoms with E-state index in [0.29, 0.717) is 11.2 Å². The second kappa shape index (κ2) is 4.77. The molecule has 2 aromatic rings. The fourth-order valence-corrected chi connectivity index (χ4v) is 1.42. The van der Waals surface area contributed by atoms with Crippen molar-refractivity contribution in [3.8, 4) is 0 Å². The topological polar surface area (TPSA) is 58.1 Å². The third-order valence-electron chi connectivity index (χ3n) is 2.08. The second-order valence-electron chi connectivity index (χ2n) is 3.24. The summed E-state index contributed by atoms with van der Waals surface area (Å²) >= 11 is 0. The smallest absolute Gasteiger partial charge is 0.180 e. The number of hydrogen-bond acceptors (Lipinski definition) is 4. The highest BCUT2D eigenvalue weighted by Crippen LogP contribution is 2.17. The van der Waals surface area contributed by atoms with Gasteiger partial charge in [-0.25, -0.2) is 14.5 Å². The lowest BCUT2D eigenvalue weighted by Crippen LogP contribution is -2.15. The Kier molecular flexibility index (Phi) is 3.18. The van der Waals surface area contributed by atoms with Crippen molar-refractivity contribution < 1.29 is 0 Å². The van der Waals surface area contributed by atoms with Gasteiger partial charge in [0.05, 0.1) is 6.20 Å². The number of anilines is 1. The molecule has 0 bridgehead atoms. The van der Waals surface area contributed by atoms with Crippen molar-refractivity contribution in [1.82, 2.24) is 14.6 Å². The Morgan fingerprint density at radius 3 is 3.06 bits per heavy atom. The van der Waals surface area contributed by atoms with Crippen LogP contribution in [0.3, 0.4) is 0 Å². The normalized spacial score (nSPS) is 11.9. The van der Waals surface area contributed by atoms with Crippen molar-refractivity contribution in [3.05, 3.63) is 18.5 Å². The Balaban J connectivity index is 2.56. The van der Waals surface area contributed by atoms with Crippen molar-refractivity contribution in [2.24, 2.45) is 10.1 Å². The maximum atomic E-state index is 5.66. The van der Waals surface area contributed by atoms with Crippen LogP contribution in [0.15, 0.2) is 28.6 Å². The lowest BCUT2D eigenvalue weighted by molar-refractivity contribution is 0.944. The standard InChI is InChI=1S/C10H11BN6/c1-3-13-17(7-12-2)8-6-14-16-5-4-9(11)15-10(8)16/h3-7H,1-2H3/b12-7?,13-3-. The molecular formula is C10H11BN6. The zero-order chi connectivity index (χ0) is 12.3. The van der Waals surface area contributed by atoms with Gasteiger partial charge in [-0.1, -0.05) is 0 Å². The first kappa shape index (κ1) is 11.3. The van der Waals surface area contributed by atoms with Gasteiger partial charge in [0, 0.05) is 19.5 Å². The molecule has 84 valence electrons. The fraction of sp³-hybridized carbons (Fsp3) is 0.200. The van der Waals surface area contributed by atoms with Gasteiger partial charge >= 0.3 is 0 Å². The monoisotopic (exact) mass is 226 g/mol. The summed E-state index contributed by atoms with van der Waals surface area (Å²) in [6, 6.07) is 1.69. The number of aliphatic imine (C=N–C) groups is 1. The van der Waals surface area contributed by atoms with Gasteiger partial charge in [-0.3, -0.25) is 4.99 Å². The predicted octanol–water partition coefficient (Wildman–Crippen LogP) is -0.00670. The van der Waals surface area contributed by atoms with Crippen molar-refractivity contribution in [2.45, 2.75) is 6.92 Å². The van der Waals surface area contributed by atoms with Crippen molar-refractivity contribution in [1.29, 1.82) is 0 Å². The molecule has 0 saturated carbocycles. The van der Waals surface area contributed by atoms with Gasteiger partial charge in [0.15, 0.2) is 5.65 Å². The molecule has 6 nitrogen and oxygen atoms in total. The van der Waals surface area contributed by atoms with E-state index in [1.807, 2.05) is 6.92 Å². The van der Waals surface area contributed by atoms with E-state index in [4.69, 9.17) is 7.85 Å². The molecule has 0 saturated heterocycles. The van der Waals surface area contributed by atoms with Gasteiger partial charge in [-0.05, 0) is 18.6 Å². The molecule has 0 aliphatic carbocycles. The molecule has 0 fully saturated rings. The minimum absolute atomic E-state index is 0.438. The van der Waals surface area contributed by atoms with Gasteiger partial charge in [0.1, 0.15) is 19.9 Å². The molecule has 7 heteroatoms. The third-order valence-corrected chi connectivity index (χ3v) is 2.08. The van der Waals surface area contributed by atoms with Gasteiger partial charge in [-0.2, -0.15) is 10.2 Å². The molecule has 0 amide bonds. The molecule has 17 heavy (non-hydrogen) atoms. The van der Waals surface area contributed by atoms with Gasteiger partial charge in [0.25, 0.3) is 0 Å². The highest BCUT2D eigenvalue weighted by molar-refractivity contribution is 6.30. The summed E-state index contributed by atoms with van der Waals surface area (Å²) < 4.78 is 1.63. The number of hydrazone groups is 1. The highest BCUT2D eigenvalue weighted by Gasteiger charge is 2.10. The van der Waals surface area contributed by atoms with Crippen LogP contribution in [-0.2, 0) is 0 Å². The van der Waals surface area contributed by atoms with E-state index in [2.05, 4.69) is 20.2 Å². The molecule has 0 unspecified atom stereocenters. The molecule has 0 atom stereocenters. The molecule has 2 aromatic heterocycles. The first-order chi connectivity index (χ1) is 8.26. The third kappa shape index (κ3) is 2.17. The van der Waals surface area contributed by atoms with Gasteiger partial charge in [-0.15, -0.1) is 0 Å². The van der Waals surface area contributed by atoms with Crippen molar-refractivity contribution in [2.75, 3.05) is 12.1 Å². The SMILES string of the molecule is [B]c1ccn2ncc(N(C=NC)/N=C\C)c2n1. The Hall–Kier alpha value is -2.18. The Bertz CT molecular complexity index is 561. The van der Waals surface area contributed by atoms with E-state index in [1.54, 1.807) is 47.6 Å². The highest BCUT2D eigenvalue weighted by atomic mass is 15.5. The minimum Gasteiger partial charge on any atom is -0.277 e. The quantitative estimate of drug-likeness (QED) is 0.320. The summed E-state index contributed by atoms with van der Waals surface area (Å²) in [7, 11) is 7.33. The summed E-state index contributed by atoms with van der Waals surface area (Å²) in [6.07, 6.45) is 6.66. The van der Waals surface area contributed by atoms with Crippen LogP contribution in [0.2, 0.25) is 0 Å². The van der Waals surface area contributed by atoms with E-state index in [0.717, 1.165) is 5.69 Å². The molecule has 2 heterocycles. The van der Waals surface area contributed by atoms with Crippen LogP contribution in [-0.4, -0.2) is 42.0 Å². The van der Waals surface area contributed by atoms with Crippen LogP contribution in [0.1, 0.15) is 6.92 Å². The Labute approximate surface area is 100 Å². The van der Waals surface area contributed by atoms with Gasteiger partial charge < -0.3 is 0 Å². The van der Waals surface area contributed by atoms with E-state index >= 15 is 0 Å². The first-order valence-electron chi connectivity index (χ1n) is 5.06. The lowest BCUT2D eigenvalue weighted by Gasteiger charge is -2.10. The van der Waals surface area contributed by atoms with E-state index < -0.39 is 0 Å². The predicted molar refractivity (Wildman–Crippen MR) is 69.4 cm³/mol. The number of rotatable bonds is 3. The van der Waals surface area contributed by atoms with Crippen LogP contribution in [0, 0.1) is 0 Å². The molecular weight excluding hydrogens is 215 g/mol. The average molecular weight is 226 g/mol. The largest absolute Gasteiger partial charge is 0.277 e. The van der Waals surface area contributed by atoms with E-state index in [1.165, 1.54) is 0 Å². The Morgan fingerprint density at radius 2 is 2.35 bits per heavy atom. The van der Waals surface area contributed by atoms with Crippen LogP contribution in [0.25, 0.3) is 5.65 Å². The number of fused-ring (bicyclic) bond motifs is 1. The molecule has 0 aliphatic heterocycles. The minimum atomic E-state index is 0.438. The average Bonchev–Trinajstić information content (AvgIpc) is 2.71. The molecule has 2 rings (SSSR count). The molecule has 0 aromatic carbocycles.